The molecule has 6 atom stereocenters. The molecule has 0 unspecified atom stereocenters. The Morgan fingerprint density at radius 3 is 2.60 bits per heavy atom. The highest BCUT2D eigenvalue weighted by molar-refractivity contribution is 7.91. The number of nitrogens with zero attached hydrogens (tertiary/aromatic N) is 2. The summed E-state index contributed by atoms with van der Waals surface area (Å²) in [6, 6.07) is 6.77. The van der Waals surface area contributed by atoms with E-state index in [4.69, 9.17) is 9.47 Å². The number of ether oxygens (including phenoxy) is 2. The third-order valence-corrected chi connectivity index (χ3v) is 12.6. The van der Waals surface area contributed by atoms with E-state index in [-0.39, 0.29) is 43.6 Å². The molecule has 0 bridgehead atoms. The van der Waals surface area contributed by atoms with Crippen LogP contribution in [0.15, 0.2) is 42.6 Å². The molecule has 2 aliphatic carbocycles. The fourth-order valence-corrected chi connectivity index (χ4v) is 8.45. The first kappa shape index (κ1) is 34.2. The summed E-state index contributed by atoms with van der Waals surface area (Å²) in [4.78, 5) is 47.8. The van der Waals surface area contributed by atoms with Gasteiger partial charge in [0.05, 0.1) is 24.1 Å². The van der Waals surface area contributed by atoms with E-state index in [1.807, 2.05) is 43.3 Å². The average molecular weight is 681 g/mol. The Hall–Kier alpha value is -3.67. The number of carbonyl (C=O) groups is 3. The van der Waals surface area contributed by atoms with Crippen molar-refractivity contribution >= 4 is 38.5 Å². The number of rotatable bonds is 8. The molecular weight excluding hydrogens is 632 g/mol. The number of sulfonamides is 1. The molecule has 3 heterocycles. The second-order valence-electron chi connectivity index (χ2n) is 14.7. The lowest BCUT2D eigenvalue weighted by Crippen LogP contribution is -2.57. The van der Waals surface area contributed by atoms with Crippen LogP contribution in [-0.4, -0.2) is 71.6 Å². The molecule has 6 rings (SSSR count). The minimum absolute atomic E-state index is 0.117. The molecule has 2 aliphatic heterocycles. The van der Waals surface area contributed by atoms with Crippen LogP contribution in [0.4, 0.5) is 0 Å². The van der Waals surface area contributed by atoms with Gasteiger partial charge in [-0.1, -0.05) is 51.1 Å². The number of benzene rings is 1. The minimum Gasteiger partial charge on any atom is -0.491 e. The number of fused-ring (bicyclic) bond motifs is 3. The van der Waals surface area contributed by atoms with Crippen LogP contribution in [0.5, 0.6) is 11.6 Å². The number of nitrogens with one attached hydrogen (secondary N) is 2. The molecule has 1 aromatic carbocycles. The molecule has 1 saturated heterocycles. The molecule has 0 radical (unpaired) electrons. The van der Waals surface area contributed by atoms with E-state index < -0.39 is 44.3 Å². The van der Waals surface area contributed by atoms with Gasteiger partial charge in [0.2, 0.25) is 27.7 Å². The summed E-state index contributed by atoms with van der Waals surface area (Å²) in [6.45, 7) is 8.63. The second kappa shape index (κ2) is 13.3. The van der Waals surface area contributed by atoms with Gasteiger partial charge < -0.3 is 19.7 Å². The van der Waals surface area contributed by atoms with Gasteiger partial charge in [-0.25, -0.2) is 13.4 Å². The Morgan fingerprint density at radius 1 is 1.12 bits per heavy atom. The quantitative estimate of drug-likeness (QED) is 0.384. The molecular formula is C36H48N4O7S. The highest BCUT2D eigenvalue weighted by Gasteiger charge is 2.63. The van der Waals surface area contributed by atoms with E-state index in [1.54, 1.807) is 18.0 Å². The SMILES string of the molecule is CCCOc1cnc(O[C@@H]2C[C@H]3C(=O)N[C@]4(C(=O)NS(=O)(=O)C5(C)CC5)C[C@H]4/C=C\CC[C@@H](C)C[C@@H](C)CC(=O)N3C2)c2ccccc12. The number of allylic oxidation sites excluding steroid dienone is 1. The number of aromatic nitrogens is 1. The Labute approximate surface area is 283 Å². The van der Waals surface area contributed by atoms with Crippen molar-refractivity contribution in [1.82, 2.24) is 19.9 Å². The first-order chi connectivity index (χ1) is 22.9. The zero-order valence-electron chi connectivity index (χ0n) is 28.4. The van der Waals surface area contributed by atoms with Gasteiger partial charge in [-0.15, -0.1) is 0 Å². The molecule has 3 fully saturated rings. The van der Waals surface area contributed by atoms with Crippen LogP contribution in [0.3, 0.4) is 0 Å². The minimum atomic E-state index is -3.91. The Bertz CT molecular complexity index is 1710. The lowest BCUT2D eigenvalue weighted by molar-refractivity contribution is -0.140. The number of pyridine rings is 1. The lowest BCUT2D eigenvalue weighted by Gasteiger charge is -2.28. The number of hydrogen-bond donors (Lipinski definition) is 2. The van der Waals surface area contributed by atoms with Gasteiger partial charge in [-0.3, -0.25) is 19.1 Å². The Kier molecular flexibility index (Phi) is 9.50. The van der Waals surface area contributed by atoms with Gasteiger partial charge in [0, 0.05) is 29.5 Å². The smallest absolute Gasteiger partial charge is 0.259 e. The fraction of sp³-hybridized carbons (Fsp3) is 0.611. The maximum Gasteiger partial charge on any atom is 0.259 e. The first-order valence-corrected chi connectivity index (χ1v) is 18.9. The number of carbonyl (C=O) groups excluding carboxylic acids is 3. The Balaban J connectivity index is 1.27. The van der Waals surface area contributed by atoms with Gasteiger partial charge in [-0.2, -0.15) is 0 Å². The molecule has 12 heteroatoms. The van der Waals surface area contributed by atoms with Gasteiger partial charge in [0.1, 0.15) is 23.4 Å². The van der Waals surface area contributed by atoms with Crippen LogP contribution >= 0.6 is 0 Å². The summed E-state index contributed by atoms with van der Waals surface area (Å²) in [5, 5.41) is 4.56. The number of hydrogen-bond acceptors (Lipinski definition) is 8. The van der Waals surface area contributed by atoms with E-state index in [0.717, 1.165) is 36.5 Å². The highest BCUT2D eigenvalue weighted by atomic mass is 32.2. The van der Waals surface area contributed by atoms with Crippen molar-refractivity contribution in [3.8, 4) is 11.6 Å². The van der Waals surface area contributed by atoms with Gasteiger partial charge in [-0.05, 0) is 69.8 Å². The van der Waals surface area contributed by atoms with E-state index in [1.165, 1.54) is 0 Å². The maximum atomic E-state index is 14.1. The molecule has 2 aromatic rings. The molecule has 260 valence electrons. The normalized spacial score (nSPS) is 31.0. The zero-order chi connectivity index (χ0) is 34.3. The molecule has 11 nitrogen and oxygen atoms in total. The molecule has 3 amide bonds. The fourth-order valence-electron chi connectivity index (χ4n) is 7.14. The van der Waals surface area contributed by atoms with Crippen LogP contribution in [0.2, 0.25) is 0 Å². The summed E-state index contributed by atoms with van der Waals surface area (Å²) in [7, 11) is -3.91. The maximum absolute atomic E-state index is 14.1. The molecule has 4 aliphatic rings. The van der Waals surface area contributed by atoms with E-state index >= 15 is 0 Å². The summed E-state index contributed by atoms with van der Waals surface area (Å²) in [5.41, 5.74) is -1.41. The van der Waals surface area contributed by atoms with Gasteiger partial charge >= 0.3 is 0 Å². The molecule has 2 N–H and O–H groups in total. The highest BCUT2D eigenvalue weighted by Crippen LogP contribution is 2.47. The van der Waals surface area contributed by atoms with E-state index in [0.29, 0.717) is 37.0 Å². The largest absolute Gasteiger partial charge is 0.491 e. The zero-order valence-corrected chi connectivity index (χ0v) is 29.2. The summed E-state index contributed by atoms with van der Waals surface area (Å²) >= 11 is 0. The Morgan fingerprint density at radius 2 is 1.88 bits per heavy atom. The second-order valence-corrected chi connectivity index (χ2v) is 16.9. The predicted octanol–water partition coefficient (Wildman–Crippen LogP) is 4.65. The van der Waals surface area contributed by atoms with Crippen molar-refractivity contribution in [2.75, 3.05) is 13.2 Å². The third kappa shape index (κ3) is 6.91. The monoisotopic (exact) mass is 680 g/mol. The topological polar surface area (TPSA) is 144 Å². The van der Waals surface area contributed by atoms with Crippen molar-refractivity contribution in [3.05, 3.63) is 42.6 Å². The summed E-state index contributed by atoms with van der Waals surface area (Å²) in [5.74, 6) is -0.179. The molecule has 48 heavy (non-hydrogen) atoms. The van der Waals surface area contributed by atoms with Crippen LogP contribution in [0.25, 0.3) is 10.8 Å². The standard InChI is InChI=1S/C36H48N4O7S/c1-5-16-46-30-21-37-33(28-13-9-8-12-27(28)30)47-26-19-29-32(42)38-36(34(43)39-48(44,45)35(4)14-15-35)20-25(36)11-7-6-10-23(2)17-24(3)18-31(41)40(29)22-26/h7-9,11-13,21,23-26,29H,5-6,10,14-20,22H2,1-4H3,(H,38,42)(H,39,43)/b11-7-/t23-,24-,25-,26-,29+,36-/m1/s1. The van der Waals surface area contributed by atoms with Crippen molar-refractivity contribution in [2.24, 2.45) is 17.8 Å². The molecule has 2 saturated carbocycles. The van der Waals surface area contributed by atoms with Crippen molar-refractivity contribution in [2.45, 2.75) is 108 Å². The van der Waals surface area contributed by atoms with E-state index in [9.17, 15) is 22.8 Å². The average Bonchev–Trinajstić information content (AvgIpc) is 3.92. The van der Waals surface area contributed by atoms with Crippen molar-refractivity contribution in [1.29, 1.82) is 0 Å². The van der Waals surface area contributed by atoms with Crippen LogP contribution in [0, 0.1) is 17.8 Å². The van der Waals surface area contributed by atoms with Crippen LogP contribution < -0.4 is 19.5 Å². The van der Waals surface area contributed by atoms with Crippen molar-refractivity contribution in [3.63, 3.8) is 0 Å². The lowest BCUT2D eigenvalue weighted by atomic mass is 9.91. The number of amides is 3. The summed E-state index contributed by atoms with van der Waals surface area (Å²) < 4.78 is 39.7. The first-order valence-electron chi connectivity index (χ1n) is 17.4. The summed E-state index contributed by atoms with van der Waals surface area (Å²) in [6.07, 6.45) is 10.2. The van der Waals surface area contributed by atoms with Crippen LogP contribution in [0.1, 0.15) is 85.5 Å². The van der Waals surface area contributed by atoms with Gasteiger partial charge in [0.25, 0.3) is 5.91 Å². The van der Waals surface area contributed by atoms with E-state index in [2.05, 4.69) is 28.9 Å². The predicted molar refractivity (Wildman–Crippen MR) is 182 cm³/mol. The molecule has 1 aromatic heterocycles. The molecule has 0 spiro atoms. The van der Waals surface area contributed by atoms with Gasteiger partial charge in [0.15, 0.2) is 0 Å². The van der Waals surface area contributed by atoms with Crippen LogP contribution in [-0.2, 0) is 24.4 Å². The third-order valence-electron chi connectivity index (χ3n) is 10.5. The van der Waals surface area contributed by atoms with Crippen molar-refractivity contribution < 1.29 is 32.3 Å².